The maximum Gasteiger partial charge on any atom is 0.232 e. The lowest BCUT2D eigenvalue weighted by Gasteiger charge is -2.21. The molecule has 5 nitrogen and oxygen atoms in total. The van der Waals surface area contributed by atoms with Crippen LogP contribution in [-0.2, 0) is 10.5 Å². The Morgan fingerprint density at radius 3 is 2.65 bits per heavy atom. The summed E-state index contributed by atoms with van der Waals surface area (Å²) in [7, 11) is 1.83. The molecule has 0 saturated carbocycles. The van der Waals surface area contributed by atoms with Crippen molar-refractivity contribution in [2.45, 2.75) is 32.1 Å². The third-order valence-electron chi connectivity index (χ3n) is 4.13. The highest BCUT2D eigenvalue weighted by molar-refractivity contribution is 7.99. The van der Waals surface area contributed by atoms with Gasteiger partial charge < -0.3 is 15.1 Å². The fraction of sp³-hybridized carbons (Fsp3) is 0.474. The minimum Gasteiger partial charge on any atom is -0.444 e. The van der Waals surface area contributed by atoms with Crippen molar-refractivity contribution >= 4 is 30.1 Å². The fourth-order valence-electron chi connectivity index (χ4n) is 2.24. The number of halogens is 1. The van der Waals surface area contributed by atoms with Gasteiger partial charge in [0.1, 0.15) is 6.26 Å². The summed E-state index contributed by atoms with van der Waals surface area (Å²) in [5.41, 5.74) is 7.83. The van der Waals surface area contributed by atoms with E-state index in [-0.39, 0.29) is 24.4 Å². The molecule has 2 N–H and O–H groups in total. The van der Waals surface area contributed by atoms with Gasteiger partial charge in [0.25, 0.3) is 0 Å². The Kier molecular flexibility index (Phi) is 9.76. The van der Waals surface area contributed by atoms with Crippen LogP contribution in [0.15, 0.2) is 41.0 Å². The van der Waals surface area contributed by atoms with Crippen LogP contribution in [0.25, 0.3) is 11.5 Å². The van der Waals surface area contributed by atoms with E-state index < -0.39 is 0 Å². The predicted octanol–water partition coefficient (Wildman–Crippen LogP) is 3.83. The summed E-state index contributed by atoms with van der Waals surface area (Å²) in [5.74, 6) is 2.25. The summed E-state index contributed by atoms with van der Waals surface area (Å²) >= 11 is 1.55. The Bertz CT molecular complexity index is 664. The molecule has 0 aliphatic carbocycles. The molecule has 0 spiro atoms. The van der Waals surface area contributed by atoms with Crippen molar-refractivity contribution in [1.29, 1.82) is 0 Å². The standard InChI is InChI=1S/C19H27N3O2S.ClH/c1-14(2)17(20)9-10-22(3)18(23)13-25-12-16-11-24-19(21-16)15-7-5-4-6-8-15;/h4-8,11,14,17H,9-10,12-13,20H2,1-3H3;1H. The van der Waals surface area contributed by atoms with Crippen LogP contribution in [0, 0.1) is 5.92 Å². The van der Waals surface area contributed by atoms with Crippen LogP contribution >= 0.6 is 24.2 Å². The molecule has 0 aliphatic rings. The smallest absolute Gasteiger partial charge is 0.232 e. The molecule has 1 aromatic heterocycles. The van der Waals surface area contributed by atoms with E-state index in [1.54, 1.807) is 22.9 Å². The molecule has 7 heteroatoms. The van der Waals surface area contributed by atoms with Gasteiger partial charge in [0.15, 0.2) is 0 Å². The number of oxazole rings is 1. The summed E-state index contributed by atoms with van der Waals surface area (Å²) in [6, 6.07) is 9.92. The van der Waals surface area contributed by atoms with Gasteiger partial charge in [0.2, 0.25) is 11.8 Å². The zero-order valence-corrected chi connectivity index (χ0v) is 17.2. The summed E-state index contributed by atoms with van der Waals surface area (Å²) < 4.78 is 5.51. The third kappa shape index (κ3) is 7.02. The van der Waals surface area contributed by atoms with Gasteiger partial charge in [-0.15, -0.1) is 24.2 Å². The van der Waals surface area contributed by atoms with Gasteiger partial charge >= 0.3 is 0 Å². The van der Waals surface area contributed by atoms with E-state index in [1.165, 1.54) is 0 Å². The summed E-state index contributed by atoms with van der Waals surface area (Å²) in [6.45, 7) is 4.90. The molecular weight excluding hydrogens is 370 g/mol. The Morgan fingerprint density at radius 2 is 2.00 bits per heavy atom. The molecular formula is C19H28ClN3O2S. The summed E-state index contributed by atoms with van der Waals surface area (Å²) in [6.07, 6.45) is 2.49. The van der Waals surface area contributed by atoms with E-state index in [2.05, 4.69) is 18.8 Å². The molecule has 1 heterocycles. The first-order valence-electron chi connectivity index (χ1n) is 8.54. The minimum absolute atomic E-state index is 0. The molecule has 2 rings (SSSR count). The molecule has 26 heavy (non-hydrogen) atoms. The van der Waals surface area contributed by atoms with E-state index in [4.69, 9.17) is 10.2 Å². The number of rotatable bonds is 9. The third-order valence-corrected chi connectivity index (χ3v) is 5.08. The SMILES string of the molecule is CC(C)C(N)CCN(C)C(=O)CSCc1coc(-c2ccccc2)n1.Cl. The van der Waals surface area contributed by atoms with Crippen LogP contribution in [0.5, 0.6) is 0 Å². The normalized spacial score (nSPS) is 11.9. The molecule has 0 saturated heterocycles. The first-order valence-corrected chi connectivity index (χ1v) is 9.70. The molecule has 1 amide bonds. The summed E-state index contributed by atoms with van der Waals surface area (Å²) in [5, 5.41) is 0. The quantitative estimate of drug-likeness (QED) is 0.696. The van der Waals surface area contributed by atoms with Crippen molar-refractivity contribution in [2.75, 3.05) is 19.3 Å². The molecule has 0 fully saturated rings. The first-order chi connectivity index (χ1) is 12.0. The van der Waals surface area contributed by atoms with Gasteiger partial charge in [-0.25, -0.2) is 4.98 Å². The van der Waals surface area contributed by atoms with Crippen molar-refractivity contribution in [1.82, 2.24) is 9.88 Å². The topological polar surface area (TPSA) is 72.4 Å². The number of benzene rings is 1. The molecule has 1 atom stereocenters. The molecule has 0 aliphatic heterocycles. The van der Waals surface area contributed by atoms with Gasteiger partial charge in [-0.05, 0) is 24.5 Å². The Morgan fingerprint density at radius 1 is 1.31 bits per heavy atom. The molecule has 1 unspecified atom stereocenters. The lowest BCUT2D eigenvalue weighted by atomic mass is 10.0. The largest absolute Gasteiger partial charge is 0.444 e. The first kappa shape index (κ1) is 22.5. The Labute approximate surface area is 166 Å². The number of hydrogen-bond donors (Lipinski definition) is 1. The number of carbonyl (C=O) groups is 1. The maximum absolute atomic E-state index is 12.2. The van der Waals surface area contributed by atoms with Gasteiger partial charge in [-0.1, -0.05) is 32.0 Å². The van der Waals surface area contributed by atoms with Gasteiger partial charge in [0, 0.05) is 31.0 Å². The molecule has 144 valence electrons. The Balaban J connectivity index is 0.00000338. The lowest BCUT2D eigenvalue weighted by molar-refractivity contribution is -0.127. The van der Waals surface area contributed by atoms with E-state index >= 15 is 0 Å². The lowest BCUT2D eigenvalue weighted by Crippen LogP contribution is -2.35. The van der Waals surface area contributed by atoms with Crippen LogP contribution in [0.2, 0.25) is 0 Å². The average molecular weight is 398 g/mol. The molecule has 1 aromatic carbocycles. The number of thioether (sulfide) groups is 1. The minimum atomic E-state index is 0. The number of carbonyl (C=O) groups excluding carboxylic acids is 1. The van der Waals surface area contributed by atoms with E-state index in [1.807, 2.05) is 37.4 Å². The molecule has 0 radical (unpaired) electrons. The van der Waals surface area contributed by atoms with Crippen molar-refractivity contribution in [3.8, 4) is 11.5 Å². The highest BCUT2D eigenvalue weighted by atomic mass is 35.5. The van der Waals surface area contributed by atoms with Gasteiger partial charge in [0.05, 0.1) is 11.4 Å². The van der Waals surface area contributed by atoms with Crippen molar-refractivity contribution in [3.05, 3.63) is 42.3 Å². The second-order valence-corrected chi connectivity index (χ2v) is 7.50. The van der Waals surface area contributed by atoms with Gasteiger partial charge in [-0.3, -0.25) is 4.79 Å². The molecule has 0 bridgehead atoms. The highest BCUT2D eigenvalue weighted by Gasteiger charge is 2.13. The number of amides is 1. The average Bonchev–Trinajstić information content (AvgIpc) is 3.08. The number of nitrogens with two attached hydrogens (primary N) is 1. The van der Waals surface area contributed by atoms with Gasteiger partial charge in [-0.2, -0.15) is 0 Å². The highest BCUT2D eigenvalue weighted by Crippen LogP contribution is 2.20. The van der Waals surface area contributed by atoms with Crippen LogP contribution in [0.1, 0.15) is 26.0 Å². The van der Waals surface area contributed by atoms with Crippen molar-refractivity contribution in [3.63, 3.8) is 0 Å². The maximum atomic E-state index is 12.2. The Hall–Kier alpha value is -1.50. The van der Waals surface area contributed by atoms with Crippen LogP contribution < -0.4 is 5.73 Å². The monoisotopic (exact) mass is 397 g/mol. The zero-order chi connectivity index (χ0) is 18.2. The van der Waals surface area contributed by atoms with Crippen LogP contribution in [0.3, 0.4) is 0 Å². The van der Waals surface area contributed by atoms with E-state index in [0.717, 1.165) is 17.7 Å². The summed E-state index contributed by atoms with van der Waals surface area (Å²) in [4.78, 5) is 18.4. The number of nitrogens with zero attached hydrogens (tertiary/aromatic N) is 2. The number of hydrogen-bond acceptors (Lipinski definition) is 5. The van der Waals surface area contributed by atoms with Crippen molar-refractivity contribution in [2.24, 2.45) is 11.7 Å². The second kappa shape index (κ2) is 11.3. The van der Waals surface area contributed by atoms with Crippen molar-refractivity contribution < 1.29 is 9.21 Å². The fourth-order valence-corrected chi connectivity index (χ4v) is 3.08. The predicted molar refractivity (Wildman–Crippen MR) is 110 cm³/mol. The van der Waals surface area contributed by atoms with Crippen LogP contribution in [-0.4, -0.2) is 41.2 Å². The second-order valence-electron chi connectivity index (χ2n) is 6.51. The van der Waals surface area contributed by atoms with Crippen LogP contribution in [0.4, 0.5) is 0 Å². The zero-order valence-electron chi connectivity index (χ0n) is 15.6. The van der Waals surface area contributed by atoms with E-state index in [9.17, 15) is 4.79 Å². The molecule has 2 aromatic rings. The number of aromatic nitrogens is 1. The van der Waals surface area contributed by atoms with E-state index in [0.29, 0.717) is 29.9 Å².